The number of hydrogen-bond acceptors (Lipinski definition) is 4. The third-order valence-corrected chi connectivity index (χ3v) is 7.61. The van der Waals surface area contributed by atoms with Gasteiger partial charge in [-0.25, -0.2) is 8.42 Å². The number of amides is 2. The van der Waals surface area contributed by atoms with Crippen LogP contribution in [0, 0.1) is 13.8 Å². The molecule has 3 rings (SSSR count). The van der Waals surface area contributed by atoms with E-state index in [1.807, 2.05) is 63.2 Å². The van der Waals surface area contributed by atoms with Gasteiger partial charge in [0.15, 0.2) is 0 Å². The average molecular weight is 570 g/mol. The highest BCUT2D eigenvalue weighted by atomic mass is 35.5. The lowest BCUT2D eigenvalue weighted by Gasteiger charge is -2.33. The van der Waals surface area contributed by atoms with Gasteiger partial charge in [-0.05, 0) is 66.8 Å². The molecule has 3 aromatic rings. The highest BCUT2D eigenvalue weighted by Gasteiger charge is 2.33. The lowest BCUT2D eigenvalue weighted by molar-refractivity contribution is -0.140. The van der Waals surface area contributed by atoms with Crippen LogP contribution in [0.5, 0.6) is 0 Å². The van der Waals surface area contributed by atoms with Gasteiger partial charge in [0.2, 0.25) is 21.8 Å². The molecule has 0 fully saturated rings. The van der Waals surface area contributed by atoms with Gasteiger partial charge in [0, 0.05) is 24.5 Å². The number of anilines is 1. The highest BCUT2D eigenvalue weighted by molar-refractivity contribution is 7.92. The summed E-state index contributed by atoms with van der Waals surface area (Å²) in [7, 11) is -3.81. The topological polar surface area (TPSA) is 86.8 Å². The van der Waals surface area contributed by atoms with Crippen LogP contribution in [-0.2, 0) is 32.6 Å². The Labute approximate surface area is 236 Å². The molecule has 3 aromatic carbocycles. The molecule has 1 atom stereocenters. The molecule has 0 radical (unpaired) electrons. The average Bonchev–Trinajstić information content (AvgIpc) is 2.87. The molecule has 208 valence electrons. The van der Waals surface area contributed by atoms with Gasteiger partial charge in [0.25, 0.3) is 0 Å². The van der Waals surface area contributed by atoms with E-state index in [1.165, 1.54) is 4.90 Å². The summed E-state index contributed by atoms with van der Waals surface area (Å²) in [5.74, 6) is -0.791. The summed E-state index contributed by atoms with van der Waals surface area (Å²) in [5, 5.41) is 3.43. The number of nitrogens with zero attached hydrogens (tertiary/aromatic N) is 2. The van der Waals surface area contributed by atoms with Crippen LogP contribution in [0.3, 0.4) is 0 Å². The SMILES string of the molecule is CCCNC(=O)[C@H](Cc1ccccc1)N(Cc1cccc(Cl)c1)C(=O)CN(c1cc(C)cc(C)c1)S(C)(=O)=O. The number of aryl methyl sites for hydroxylation is 2. The number of carbonyl (C=O) groups excluding carboxylic acids is 2. The zero-order chi connectivity index (χ0) is 28.6. The lowest BCUT2D eigenvalue weighted by Crippen LogP contribution is -2.53. The van der Waals surface area contributed by atoms with E-state index in [2.05, 4.69) is 5.32 Å². The molecule has 0 spiro atoms. The van der Waals surface area contributed by atoms with Crippen LogP contribution in [-0.4, -0.2) is 50.5 Å². The van der Waals surface area contributed by atoms with Gasteiger partial charge in [-0.15, -0.1) is 0 Å². The van der Waals surface area contributed by atoms with Crippen molar-refractivity contribution in [3.05, 3.63) is 100 Å². The Morgan fingerprint density at radius 2 is 1.56 bits per heavy atom. The van der Waals surface area contributed by atoms with Gasteiger partial charge in [-0.1, -0.05) is 67.1 Å². The fraction of sp³-hybridized carbons (Fsp3) is 0.333. The Morgan fingerprint density at radius 1 is 0.923 bits per heavy atom. The molecule has 2 amide bonds. The Hall–Kier alpha value is -3.36. The van der Waals surface area contributed by atoms with Crippen molar-refractivity contribution in [3.8, 4) is 0 Å². The van der Waals surface area contributed by atoms with E-state index < -0.39 is 28.5 Å². The van der Waals surface area contributed by atoms with Crippen LogP contribution in [0.4, 0.5) is 5.69 Å². The summed E-state index contributed by atoms with van der Waals surface area (Å²) in [6, 6.07) is 21.1. The summed E-state index contributed by atoms with van der Waals surface area (Å²) in [5.41, 5.74) is 3.77. The van der Waals surface area contributed by atoms with Gasteiger partial charge < -0.3 is 10.2 Å². The van der Waals surface area contributed by atoms with Crippen LogP contribution in [0.15, 0.2) is 72.8 Å². The maximum Gasteiger partial charge on any atom is 0.244 e. The van der Waals surface area contributed by atoms with Crippen molar-refractivity contribution in [2.75, 3.05) is 23.7 Å². The van der Waals surface area contributed by atoms with E-state index in [9.17, 15) is 18.0 Å². The number of sulfonamides is 1. The maximum absolute atomic E-state index is 14.0. The van der Waals surface area contributed by atoms with Crippen LogP contribution in [0.1, 0.15) is 35.6 Å². The molecular formula is C30H36ClN3O4S. The molecule has 0 aliphatic carbocycles. The van der Waals surface area contributed by atoms with Crippen LogP contribution in [0.25, 0.3) is 0 Å². The van der Waals surface area contributed by atoms with E-state index in [4.69, 9.17) is 11.6 Å². The van der Waals surface area contributed by atoms with Crippen molar-refractivity contribution in [2.24, 2.45) is 0 Å². The molecule has 0 bridgehead atoms. The molecule has 9 heteroatoms. The molecule has 39 heavy (non-hydrogen) atoms. The maximum atomic E-state index is 14.0. The molecule has 0 aromatic heterocycles. The number of halogens is 1. The van der Waals surface area contributed by atoms with Crippen molar-refractivity contribution in [2.45, 2.75) is 46.2 Å². The second kappa shape index (κ2) is 13.6. The van der Waals surface area contributed by atoms with E-state index in [-0.39, 0.29) is 18.9 Å². The van der Waals surface area contributed by atoms with Gasteiger partial charge in [0.05, 0.1) is 11.9 Å². The van der Waals surface area contributed by atoms with Crippen LogP contribution in [0.2, 0.25) is 5.02 Å². The molecule has 0 saturated carbocycles. The van der Waals surface area contributed by atoms with Crippen molar-refractivity contribution < 1.29 is 18.0 Å². The van der Waals surface area contributed by atoms with Gasteiger partial charge in [0.1, 0.15) is 12.6 Å². The Morgan fingerprint density at radius 3 is 2.15 bits per heavy atom. The minimum absolute atomic E-state index is 0.0842. The quantitative estimate of drug-likeness (QED) is 0.336. The molecule has 0 aliphatic rings. The van der Waals surface area contributed by atoms with Gasteiger partial charge in [-0.2, -0.15) is 0 Å². The number of benzene rings is 3. The van der Waals surface area contributed by atoms with Gasteiger partial charge in [-0.3, -0.25) is 13.9 Å². The zero-order valence-electron chi connectivity index (χ0n) is 22.9. The Kier molecular flexibility index (Phi) is 10.5. The molecule has 0 unspecified atom stereocenters. The molecule has 0 heterocycles. The minimum atomic E-state index is -3.81. The first kappa shape index (κ1) is 30.2. The molecule has 0 aliphatic heterocycles. The fourth-order valence-electron chi connectivity index (χ4n) is 4.46. The number of nitrogens with one attached hydrogen (secondary N) is 1. The predicted molar refractivity (Wildman–Crippen MR) is 157 cm³/mol. The molecular weight excluding hydrogens is 534 g/mol. The van der Waals surface area contributed by atoms with Crippen molar-refractivity contribution in [1.82, 2.24) is 10.2 Å². The molecule has 0 saturated heterocycles. The summed E-state index contributed by atoms with van der Waals surface area (Å²) >= 11 is 6.23. The Balaban J connectivity index is 2.06. The van der Waals surface area contributed by atoms with E-state index in [0.717, 1.165) is 39.2 Å². The predicted octanol–water partition coefficient (Wildman–Crippen LogP) is 4.89. The second-order valence-electron chi connectivity index (χ2n) is 9.76. The zero-order valence-corrected chi connectivity index (χ0v) is 24.4. The lowest BCUT2D eigenvalue weighted by atomic mass is 10.0. The number of carbonyl (C=O) groups is 2. The summed E-state index contributed by atoms with van der Waals surface area (Å²) < 4.78 is 26.9. The van der Waals surface area contributed by atoms with Gasteiger partial charge >= 0.3 is 0 Å². The van der Waals surface area contributed by atoms with Crippen LogP contribution >= 0.6 is 11.6 Å². The van der Waals surface area contributed by atoms with Crippen molar-refractivity contribution >= 4 is 39.1 Å². The largest absolute Gasteiger partial charge is 0.354 e. The number of rotatable bonds is 12. The second-order valence-corrected chi connectivity index (χ2v) is 12.1. The van der Waals surface area contributed by atoms with E-state index in [0.29, 0.717) is 17.3 Å². The normalized spacial score (nSPS) is 12.0. The third-order valence-electron chi connectivity index (χ3n) is 6.24. The molecule has 7 nitrogen and oxygen atoms in total. The highest BCUT2D eigenvalue weighted by Crippen LogP contribution is 2.23. The third kappa shape index (κ3) is 8.83. The molecule has 1 N–H and O–H groups in total. The van der Waals surface area contributed by atoms with Crippen molar-refractivity contribution in [1.29, 1.82) is 0 Å². The first-order valence-electron chi connectivity index (χ1n) is 12.9. The monoisotopic (exact) mass is 569 g/mol. The summed E-state index contributed by atoms with van der Waals surface area (Å²) in [4.78, 5) is 29.0. The summed E-state index contributed by atoms with van der Waals surface area (Å²) in [6.45, 7) is 5.79. The minimum Gasteiger partial charge on any atom is -0.354 e. The van der Waals surface area contributed by atoms with E-state index in [1.54, 1.807) is 30.3 Å². The number of hydrogen-bond donors (Lipinski definition) is 1. The summed E-state index contributed by atoms with van der Waals surface area (Å²) in [6.07, 6.45) is 2.08. The first-order chi connectivity index (χ1) is 18.5. The first-order valence-corrected chi connectivity index (χ1v) is 15.1. The smallest absolute Gasteiger partial charge is 0.244 e. The van der Waals surface area contributed by atoms with E-state index >= 15 is 0 Å². The van der Waals surface area contributed by atoms with Crippen molar-refractivity contribution in [3.63, 3.8) is 0 Å². The van der Waals surface area contributed by atoms with Crippen LogP contribution < -0.4 is 9.62 Å². The fourth-order valence-corrected chi connectivity index (χ4v) is 5.51. The standard InChI is InChI=1S/C30H36ClN3O4S/c1-5-14-32-30(36)28(19-24-10-7-6-8-11-24)33(20-25-12-9-13-26(31)18-25)29(35)21-34(39(4,37)38)27-16-22(2)15-23(3)17-27/h6-13,15-18,28H,5,14,19-21H2,1-4H3,(H,32,36)/t28-/m0/s1. The Bertz CT molecular complexity index is 1380.